The number of nitro groups is 1. The molecule has 0 saturated heterocycles. The predicted octanol–water partition coefficient (Wildman–Crippen LogP) is 5.35. The van der Waals surface area contributed by atoms with Crippen molar-refractivity contribution >= 4 is 5.82 Å². The van der Waals surface area contributed by atoms with Crippen molar-refractivity contribution in [3.8, 4) is 22.9 Å². The highest BCUT2D eigenvalue weighted by molar-refractivity contribution is 5.66. The summed E-state index contributed by atoms with van der Waals surface area (Å²) in [6.45, 7) is -0.379. The number of hydrogen-bond acceptors (Lipinski definition) is 6. The van der Waals surface area contributed by atoms with Gasteiger partial charge >= 0.3 is 24.4 Å². The molecule has 1 aliphatic rings. The lowest BCUT2D eigenvalue weighted by Crippen LogP contribution is -2.32. The maximum absolute atomic E-state index is 13.7. The lowest BCUT2D eigenvalue weighted by atomic mass is 9.99. The third kappa shape index (κ3) is 5.82. The van der Waals surface area contributed by atoms with E-state index >= 15 is 0 Å². The molecule has 1 atom stereocenters. The van der Waals surface area contributed by atoms with Crippen molar-refractivity contribution in [3.05, 3.63) is 69.9 Å². The van der Waals surface area contributed by atoms with Crippen LogP contribution in [0.2, 0.25) is 0 Å². The molecular formula is C21H15F6N3O5. The minimum Gasteiger partial charge on any atom is -0.443 e. The monoisotopic (exact) mass is 503 g/mol. The molecule has 2 heterocycles. The van der Waals surface area contributed by atoms with E-state index in [0.717, 1.165) is 24.4 Å². The van der Waals surface area contributed by atoms with Crippen LogP contribution in [0.1, 0.15) is 11.1 Å². The van der Waals surface area contributed by atoms with E-state index in [1.54, 1.807) is 0 Å². The summed E-state index contributed by atoms with van der Waals surface area (Å²) in [6.07, 6.45) is -9.15. The Morgan fingerprint density at radius 2 is 1.77 bits per heavy atom. The first-order valence-electron chi connectivity index (χ1n) is 9.91. The summed E-state index contributed by atoms with van der Waals surface area (Å²) in [4.78, 5) is 13.8. The zero-order chi connectivity index (χ0) is 25.4. The number of halogens is 6. The third-order valence-corrected chi connectivity index (χ3v) is 5.02. The second kappa shape index (κ2) is 9.09. The van der Waals surface area contributed by atoms with Crippen molar-refractivity contribution in [2.45, 2.75) is 31.8 Å². The first-order chi connectivity index (χ1) is 16.4. The highest BCUT2D eigenvalue weighted by Crippen LogP contribution is 2.36. The third-order valence-electron chi connectivity index (χ3n) is 5.02. The maximum Gasteiger partial charge on any atom is 0.573 e. The molecule has 0 bridgehead atoms. The van der Waals surface area contributed by atoms with Crippen molar-refractivity contribution in [3.63, 3.8) is 0 Å². The number of imidazole rings is 1. The fourth-order valence-electron chi connectivity index (χ4n) is 3.46. The summed E-state index contributed by atoms with van der Waals surface area (Å²) in [5.41, 5.74) is -0.745. The summed E-state index contributed by atoms with van der Waals surface area (Å²) in [5, 5.41) is 10.8. The Balaban J connectivity index is 1.49. The minimum absolute atomic E-state index is 0.0172. The molecule has 0 amide bonds. The van der Waals surface area contributed by atoms with Gasteiger partial charge in [-0.05, 0) is 39.8 Å². The van der Waals surface area contributed by atoms with Gasteiger partial charge in [0.2, 0.25) is 0 Å². The highest BCUT2D eigenvalue weighted by Gasteiger charge is 2.35. The van der Waals surface area contributed by atoms with Crippen LogP contribution in [-0.4, -0.2) is 33.5 Å². The molecule has 4 rings (SSSR count). The molecule has 1 aliphatic heterocycles. The summed E-state index contributed by atoms with van der Waals surface area (Å²) in [6, 6.07) is 7.95. The lowest BCUT2D eigenvalue weighted by molar-refractivity contribution is -0.389. The molecule has 3 aromatic rings. The lowest BCUT2D eigenvalue weighted by Gasteiger charge is -2.23. The number of ether oxygens (including phenoxy) is 3. The molecule has 0 saturated carbocycles. The van der Waals surface area contributed by atoms with E-state index in [1.165, 1.54) is 28.8 Å². The van der Waals surface area contributed by atoms with Gasteiger partial charge in [-0.1, -0.05) is 24.3 Å². The Morgan fingerprint density at radius 1 is 1.09 bits per heavy atom. The smallest absolute Gasteiger partial charge is 0.443 e. The first-order valence-corrected chi connectivity index (χ1v) is 9.91. The van der Waals surface area contributed by atoms with E-state index in [2.05, 4.69) is 9.72 Å². The van der Waals surface area contributed by atoms with E-state index in [1.807, 2.05) is 0 Å². The van der Waals surface area contributed by atoms with Crippen LogP contribution in [-0.2, 0) is 24.1 Å². The largest absolute Gasteiger partial charge is 0.573 e. The molecule has 8 nitrogen and oxygen atoms in total. The average molecular weight is 503 g/mol. The number of aromatic nitrogens is 2. The molecule has 186 valence electrons. The summed E-state index contributed by atoms with van der Waals surface area (Å²) in [7, 11) is 0. The fourth-order valence-corrected chi connectivity index (χ4v) is 3.46. The van der Waals surface area contributed by atoms with Crippen molar-refractivity contribution in [1.82, 2.24) is 9.55 Å². The molecule has 35 heavy (non-hydrogen) atoms. The summed E-state index contributed by atoms with van der Waals surface area (Å²) < 4.78 is 94.1. The van der Waals surface area contributed by atoms with Crippen molar-refractivity contribution < 1.29 is 45.5 Å². The minimum atomic E-state index is -4.88. The van der Waals surface area contributed by atoms with Gasteiger partial charge in [0.25, 0.3) is 0 Å². The van der Waals surface area contributed by atoms with Gasteiger partial charge in [0.05, 0.1) is 18.7 Å². The Kier molecular flexibility index (Phi) is 6.32. The summed E-state index contributed by atoms with van der Waals surface area (Å²) in [5.74, 6) is -0.919. The van der Waals surface area contributed by atoms with Gasteiger partial charge in [-0.3, -0.25) is 4.57 Å². The second-order valence-corrected chi connectivity index (χ2v) is 7.48. The Hall–Kier alpha value is -3.81. The number of benzene rings is 2. The van der Waals surface area contributed by atoms with Gasteiger partial charge in [0, 0.05) is 4.98 Å². The van der Waals surface area contributed by atoms with Gasteiger partial charge in [-0.25, -0.2) is 0 Å². The van der Waals surface area contributed by atoms with E-state index in [0.29, 0.717) is 0 Å². The van der Waals surface area contributed by atoms with Crippen LogP contribution in [0.5, 0.6) is 11.8 Å². The highest BCUT2D eigenvalue weighted by atomic mass is 19.4. The van der Waals surface area contributed by atoms with E-state index in [9.17, 15) is 36.5 Å². The van der Waals surface area contributed by atoms with Crippen LogP contribution in [0.25, 0.3) is 11.1 Å². The van der Waals surface area contributed by atoms with Crippen LogP contribution < -0.4 is 9.47 Å². The second-order valence-electron chi connectivity index (χ2n) is 7.48. The number of nitrogens with zero attached hydrogens (tertiary/aromatic N) is 3. The summed E-state index contributed by atoms with van der Waals surface area (Å²) >= 11 is 0. The zero-order valence-corrected chi connectivity index (χ0v) is 17.5. The molecule has 0 spiro atoms. The van der Waals surface area contributed by atoms with Crippen LogP contribution >= 0.6 is 0 Å². The molecule has 2 aromatic carbocycles. The Bertz CT molecular complexity index is 1220. The van der Waals surface area contributed by atoms with Crippen LogP contribution in [0, 0.1) is 10.1 Å². The predicted molar refractivity (Wildman–Crippen MR) is 107 cm³/mol. The van der Waals surface area contributed by atoms with Gasteiger partial charge in [0.1, 0.15) is 24.7 Å². The van der Waals surface area contributed by atoms with Crippen LogP contribution in [0.4, 0.5) is 32.2 Å². The Morgan fingerprint density at radius 3 is 2.40 bits per heavy atom. The normalized spacial score (nSPS) is 15.9. The van der Waals surface area contributed by atoms with Crippen molar-refractivity contribution in [2.24, 2.45) is 0 Å². The van der Waals surface area contributed by atoms with Gasteiger partial charge in [-0.2, -0.15) is 13.2 Å². The molecule has 0 N–H and O–H groups in total. The standard InChI is InChI=1S/C21H15F6N3O5/c22-20(23,24)17-7-13(12-3-5-15(6-4-12)35-21(25,26)27)1-2-14(17)10-33-16-8-29-9-18(30(31)32)28-19(29)34-11-16/h1-7,9,16H,8,10-11H2/t16-/m0/s1. The van der Waals surface area contributed by atoms with Gasteiger partial charge in [-0.15, -0.1) is 13.2 Å². The average Bonchev–Trinajstić information content (AvgIpc) is 3.20. The number of alkyl halides is 6. The molecule has 0 aliphatic carbocycles. The number of rotatable bonds is 6. The van der Waals surface area contributed by atoms with Crippen LogP contribution in [0.3, 0.4) is 0 Å². The molecular weight excluding hydrogens is 488 g/mol. The van der Waals surface area contributed by atoms with Gasteiger partial charge < -0.3 is 24.3 Å². The van der Waals surface area contributed by atoms with Gasteiger partial charge in [0.15, 0.2) is 0 Å². The molecule has 0 unspecified atom stereocenters. The quantitative estimate of drug-likeness (QED) is 0.256. The molecule has 0 fully saturated rings. The fraction of sp³-hybridized carbons (Fsp3) is 0.286. The van der Waals surface area contributed by atoms with Crippen LogP contribution in [0.15, 0.2) is 48.7 Å². The maximum atomic E-state index is 13.7. The van der Waals surface area contributed by atoms with Crippen molar-refractivity contribution in [2.75, 3.05) is 6.61 Å². The molecule has 0 radical (unpaired) electrons. The molecule has 1 aromatic heterocycles. The van der Waals surface area contributed by atoms with E-state index in [4.69, 9.17) is 9.47 Å². The topological polar surface area (TPSA) is 88.7 Å². The number of hydrogen-bond donors (Lipinski definition) is 0. The van der Waals surface area contributed by atoms with Crippen molar-refractivity contribution in [1.29, 1.82) is 0 Å². The van der Waals surface area contributed by atoms with E-state index in [-0.39, 0.29) is 35.9 Å². The first kappa shape index (κ1) is 24.3. The number of fused-ring (bicyclic) bond motifs is 1. The molecule has 14 heteroatoms. The Labute approximate surface area is 192 Å². The van der Waals surface area contributed by atoms with E-state index < -0.39 is 47.3 Å². The zero-order valence-electron chi connectivity index (χ0n) is 17.5. The SMILES string of the molecule is O=[N+]([O-])c1cn2c(n1)OC[C@@H](OCc1ccc(-c3ccc(OC(F)(F)F)cc3)cc1C(F)(F)F)C2.